The van der Waals surface area contributed by atoms with Crippen LogP contribution in [-0.4, -0.2) is 9.46 Å². The fourth-order valence-electron chi connectivity index (χ4n) is 2.10. The van der Waals surface area contributed by atoms with E-state index in [2.05, 4.69) is 22.0 Å². The highest BCUT2D eigenvalue weighted by molar-refractivity contribution is 9.10. The van der Waals surface area contributed by atoms with Crippen LogP contribution < -0.4 is 0 Å². The molecule has 1 aliphatic rings. The molecule has 0 spiro atoms. The van der Waals surface area contributed by atoms with E-state index in [0.717, 1.165) is 28.6 Å². The molecule has 1 aliphatic carbocycles. The zero-order valence-electron chi connectivity index (χ0n) is 8.73. The van der Waals surface area contributed by atoms with E-state index in [1.165, 1.54) is 0 Å². The number of halogens is 1. The van der Waals surface area contributed by atoms with Gasteiger partial charge in [-0.05, 0) is 31.0 Å². The molecule has 1 aromatic rings. The van der Waals surface area contributed by atoms with Gasteiger partial charge in [0.05, 0.1) is 28.0 Å². The summed E-state index contributed by atoms with van der Waals surface area (Å²) in [5, 5.41) is 9.01. The van der Waals surface area contributed by atoms with E-state index in [-0.39, 0.29) is 11.2 Å². The minimum absolute atomic E-state index is 0.0132. The van der Waals surface area contributed by atoms with Crippen molar-refractivity contribution in [2.75, 3.05) is 0 Å². The molecule has 0 radical (unpaired) electrons. The Morgan fingerprint density at radius 1 is 1.44 bits per heavy atom. The molecular weight excluding hydrogens is 286 g/mol. The number of hydrogen-bond acceptors (Lipinski definition) is 2. The van der Waals surface area contributed by atoms with Crippen LogP contribution in [0.25, 0.3) is 0 Å². The normalized spacial score (nSPS) is 26.2. The summed E-state index contributed by atoms with van der Waals surface area (Å²) >= 11 is 3.37. The Hall–Kier alpha value is -0.660. The molecule has 0 aliphatic heterocycles. The van der Waals surface area contributed by atoms with Gasteiger partial charge in [-0.25, -0.2) is 0 Å². The van der Waals surface area contributed by atoms with Crippen LogP contribution in [0.2, 0.25) is 0 Å². The third-order valence-corrected chi connectivity index (χ3v) is 5.25. The second-order valence-electron chi connectivity index (χ2n) is 3.96. The van der Waals surface area contributed by atoms with E-state index >= 15 is 0 Å². The number of benzene rings is 1. The highest BCUT2D eigenvalue weighted by Crippen LogP contribution is 2.32. The Labute approximate surface area is 106 Å². The Morgan fingerprint density at radius 3 is 2.94 bits per heavy atom. The number of nitrogens with zero attached hydrogens (tertiary/aromatic N) is 1. The van der Waals surface area contributed by atoms with E-state index in [0.29, 0.717) is 0 Å². The summed E-state index contributed by atoms with van der Waals surface area (Å²) < 4.78 is 13.2. The molecule has 0 aromatic heterocycles. The molecule has 1 fully saturated rings. The van der Waals surface area contributed by atoms with Crippen molar-refractivity contribution in [3.63, 3.8) is 0 Å². The van der Waals surface area contributed by atoms with Crippen LogP contribution in [-0.2, 0) is 10.8 Å². The monoisotopic (exact) mass is 297 g/mol. The SMILES string of the molecule is N#CC1CCCC1S(=O)c1cccc(Br)c1. The first kappa shape index (κ1) is 11.8. The standard InChI is InChI=1S/C12H12BrNOS/c13-10-4-2-5-11(7-10)16(15)12-6-1-3-9(12)8-14/h2,4-5,7,9,12H,1,3,6H2. The molecular formula is C12H12BrNOS. The lowest BCUT2D eigenvalue weighted by Crippen LogP contribution is -2.19. The van der Waals surface area contributed by atoms with Gasteiger partial charge in [-0.3, -0.25) is 4.21 Å². The molecule has 2 nitrogen and oxygen atoms in total. The smallest absolute Gasteiger partial charge is 0.0668 e. The summed E-state index contributed by atoms with van der Waals surface area (Å²) in [4.78, 5) is 0.821. The third-order valence-electron chi connectivity index (χ3n) is 2.92. The molecule has 16 heavy (non-hydrogen) atoms. The van der Waals surface area contributed by atoms with Crippen LogP contribution in [0.4, 0.5) is 0 Å². The lowest BCUT2D eigenvalue weighted by Gasteiger charge is -2.13. The van der Waals surface area contributed by atoms with Crippen LogP contribution in [0.1, 0.15) is 19.3 Å². The summed E-state index contributed by atoms with van der Waals surface area (Å²) in [6.45, 7) is 0. The second-order valence-corrected chi connectivity index (χ2v) is 6.55. The first-order valence-electron chi connectivity index (χ1n) is 5.28. The van der Waals surface area contributed by atoms with Crippen molar-refractivity contribution < 1.29 is 4.21 Å². The fourth-order valence-corrected chi connectivity index (χ4v) is 4.33. The molecule has 0 N–H and O–H groups in total. The number of hydrogen-bond donors (Lipinski definition) is 0. The summed E-state index contributed by atoms with van der Waals surface area (Å²) in [6, 6.07) is 9.82. The van der Waals surface area contributed by atoms with Crippen molar-refractivity contribution in [1.29, 1.82) is 5.26 Å². The molecule has 3 atom stereocenters. The van der Waals surface area contributed by atoms with Crippen molar-refractivity contribution >= 4 is 26.7 Å². The number of nitriles is 1. The zero-order valence-corrected chi connectivity index (χ0v) is 11.1. The Balaban J connectivity index is 2.23. The lowest BCUT2D eigenvalue weighted by atomic mass is 10.1. The maximum Gasteiger partial charge on any atom is 0.0668 e. The highest BCUT2D eigenvalue weighted by Gasteiger charge is 2.32. The van der Waals surface area contributed by atoms with Crippen molar-refractivity contribution in [2.24, 2.45) is 5.92 Å². The second kappa shape index (κ2) is 5.11. The Kier molecular flexibility index (Phi) is 3.78. The molecule has 2 rings (SSSR count). The molecule has 0 heterocycles. The fraction of sp³-hybridized carbons (Fsp3) is 0.417. The van der Waals surface area contributed by atoms with E-state index in [1.807, 2.05) is 24.3 Å². The quantitative estimate of drug-likeness (QED) is 0.841. The van der Waals surface area contributed by atoms with Crippen LogP contribution >= 0.6 is 15.9 Å². The van der Waals surface area contributed by atoms with Gasteiger partial charge in [-0.2, -0.15) is 5.26 Å². The van der Waals surface area contributed by atoms with Gasteiger partial charge in [0.25, 0.3) is 0 Å². The molecule has 3 unspecified atom stereocenters. The maximum absolute atomic E-state index is 12.3. The van der Waals surface area contributed by atoms with Crippen molar-refractivity contribution in [3.8, 4) is 6.07 Å². The van der Waals surface area contributed by atoms with Crippen LogP contribution in [0.15, 0.2) is 33.6 Å². The average molecular weight is 298 g/mol. The maximum atomic E-state index is 12.3. The third kappa shape index (κ3) is 2.36. The molecule has 0 bridgehead atoms. The summed E-state index contributed by atoms with van der Waals surface area (Å²) in [5.41, 5.74) is 0. The summed E-state index contributed by atoms with van der Waals surface area (Å²) in [7, 11) is -1.05. The van der Waals surface area contributed by atoms with E-state index in [9.17, 15) is 4.21 Å². The molecule has 1 saturated carbocycles. The minimum atomic E-state index is -1.05. The minimum Gasteiger partial charge on any atom is -0.254 e. The van der Waals surface area contributed by atoms with Gasteiger partial charge in [0.15, 0.2) is 0 Å². The van der Waals surface area contributed by atoms with Gasteiger partial charge >= 0.3 is 0 Å². The van der Waals surface area contributed by atoms with Gasteiger partial charge < -0.3 is 0 Å². The van der Waals surface area contributed by atoms with Gasteiger partial charge in [0.1, 0.15) is 0 Å². The molecule has 84 valence electrons. The largest absolute Gasteiger partial charge is 0.254 e. The van der Waals surface area contributed by atoms with E-state index in [4.69, 9.17) is 5.26 Å². The van der Waals surface area contributed by atoms with Gasteiger partial charge in [-0.1, -0.05) is 28.4 Å². The molecule has 1 aromatic carbocycles. The molecule has 0 saturated heterocycles. The predicted molar refractivity (Wildman–Crippen MR) is 67.3 cm³/mol. The first-order valence-corrected chi connectivity index (χ1v) is 7.28. The molecule has 4 heteroatoms. The molecule has 0 amide bonds. The Bertz CT molecular complexity index is 455. The topological polar surface area (TPSA) is 40.9 Å². The lowest BCUT2D eigenvalue weighted by molar-refractivity contribution is 0.645. The van der Waals surface area contributed by atoms with Crippen molar-refractivity contribution in [2.45, 2.75) is 29.4 Å². The predicted octanol–water partition coefficient (Wildman–Crippen LogP) is 3.25. The first-order chi connectivity index (χ1) is 7.72. The van der Waals surface area contributed by atoms with Crippen molar-refractivity contribution in [3.05, 3.63) is 28.7 Å². The van der Waals surface area contributed by atoms with E-state index < -0.39 is 10.8 Å². The van der Waals surface area contributed by atoms with E-state index in [1.54, 1.807) is 0 Å². The van der Waals surface area contributed by atoms with Gasteiger partial charge in [-0.15, -0.1) is 0 Å². The summed E-state index contributed by atoms with van der Waals surface area (Å²) in [5.74, 6) is -0.0418. The van der Waals surface area contributed by atoms with Crippen LogP contribution in [0, 0.1) is 17.2 Å². The van der Waals surface area contributed by atoms with Crippen molar-refractivity contribution in [1.82, 2.24) is 0 Å². The van der Waals surface area contributed by atoms with Gasteiger partial charge in [0.2, 0.25) is 0 Å². The summed E-state index contributed by atoms with van der Waals surface area (Å²) in [6.07, 6.45) is 2.81. The van der Waals surface area contributed by atoms with Gasteiger partial charge in [0, 0.05) is 9.37 Å². The Morgan fingerprint density at radius 2 is 2.25 bits per heavy atom. The average Bonchev–Trinajstić information content (AvgIpc) is 2.76. The van der Waals surface area contributed by atoms with Crippen LogP contribution in [0.5, 0.6) is 0 Å². The zero-order chi connectivity index (χ0) is 11.5. The number of rotatable bonds is 2. The highest BCUT2D eigenvalue weighted by atomic mass is 79.9. The van der Waals surface area contributed by atoms with Crippen LogP contribution in [0.3, 0.4) is 0 Å².